The van der Waals surface area contributed by atoms with Gasteiger partial charge in [0, 0.05) is 19.3 Å². The van der Waals surface area contributed by atoms with Crippen LogP contribution in [0.4, 0.5) is 11.5 Å². The summed E-state index contributed by atoms with van der Waals surface area (Å²) >= 11 is 0. The fraction of sp³-hybridized carbons (Fsp3) is 0.600. The van der Waals surface area contributed by atoms with Crippen molar-refractivity contribution in [2.45, 2.75) is 33.1 Å². The van der Waals surface area contributed by atoms with Crippen LogP contribution in [0.2, 0.25) is 0 Å². The van der Waals surface area contributed by atoms with Crippen molar-refractivity contribution in [1.29, 1.82) is 0 Å². The first-order valence-electron chi connectivity index (χ1n) is 7.22. The van der Waals surface area contributed by atoms with E-state index in [1.54, 1.807) is 0 Å². The van der Waals surface area contributed by atoms with Gasteiger partial charge >= 0.3 is 5.97 Å². The Bertz CT molecular complexity index is 488. The lowest BCUT2D eigenvalue weighted by Crippen LogP contribution is -2.26. The van der Waals surface area contributed by atoms with Crippen LogP contribution >= 0.6 is 0 Å². The zero-order chi connectivity index (χ0) is 14.7. The number of carboxylic acids is 1. The monoisotopic (exact) mass is 277 g/mol. The molecule has 1 aliphatic rings. The van der Waals surface area contributed by atoms with Gasteiger partial charge in [-0.2, -0.15) is 0 Å². The number of hydrogen-bond acceptors (Lipinski definition) is 4. The second-order valence-electron chi connectivity index (χ2n) is 5.86. The molecule has 2 heterocycles. The molecule has 0 aliphatic carbocycles. The molecule has 1 fully saturated rings. The van der Waals surface area contributed by atoms with Gasteiger partial charge in [0.25, 0.3) is 0 Å². The van der Waals surface area contributed by atoms with Crippen LogP contribution in [-0.4, -0.2) is 29.1 Å². The largest absolute Gasteiger partial charge is 0.478 e. The fourth-order valence-electron chi connectivity index (χ4n) is 2.86. The number of carboxylic acid groups (broad SMARTS) is 1. The van der Waals surface area contributed by atoms with Crippen molar-refractivity contribution in [3.05, 3.63) is 17.8 Å². The van der Waals surface area contributed by atoms with Gasteiger partial charge in [0.1, 0.15) is 0 Å². The van der Waals surface area contributed by atoms with Gasteiger partial charge in [-0.3, -0.25) is 0 Å². The van der Waals surface area contributed by atoms with E-state index in [9.17, 15) is 4.79 Å². The SMILES string of the molecule is CC(C)C1CCCN(c2ncc(C(=O)O)cc2N)CC1. The van der Waals surface area contributed by atoms with Gasteiger partial charge in [-0.1, -0.05) is 13.8 Å². The number of aromatic carboxylic acids is 1. The molecule has 5 heteroatoms. The number of nitrogens with two attached hydrogens (primary N) is 1. The summed E-state index contributed by atoms with van der Waals surface area (Å²) < 4.78 is 0. The van der Waals surface area contributed by atoms with Crippen LogP contribution in [0.5, 0.6) is 0 Å². The highest BCUT2D eigenvalue weighted by Gasteiger charge is 2.21. The first-order chi connectivity index (χ1) is 9.49. The lowest BCUT2D eigenvalue weighted by molar-refractivity contribution is 0.0696. The number of anilines is 2. The summed E-state index contributed by atoms with van der Waals surface area (Å²) in [5.74, 6) is 1.18. The Morgan fingerprint density at radius 3 is 2.80 bits per heavy atom. The molecule has 0 amide bonds. The van der Waals surface area contributed by atoms with Gasteiger partial charge in [0.2, 0.25) is 0 Å². The van der Waals surface area contributed by atoms with Gasteiger partial charge in [0.15, 0.2) is 5.82 Å². The van der Waals surface area contributed by atoms with Crippen LogP contribution in [0.3, 0.4) is 0 Å². The zero-order valence-electron chi connectivity index (χ0n) is 12.2. The number of nitrogen functional groups attached to an aromatic ring is 1. The number of rotatable bonds is 3. The number of pyridine rings is 1. The lowest BCUT2D eigenvalue weighted by Gasteiger charge is -2.23. The molecule has 0 bridgehead atoms. The van der Waals surface area contributed by atoms with Crippen molar-refractivity contribution >= 4 is 17.5 Å². The van der Waals surface area contributed by atoms with E-state index < -0.39 is 5.97 Å². The summed E-state index contributed by atoms with van der Waals surface area (Å²) in [6.07, 6.45) is 4.89. The summed E-state index contributed by atoms with van der Waals surface area (Å²) in [5, 5.41) is 8.94. The smallest absolute Gasteiger partial charge is 0.337 e. The van der Waals surface area contributed by atoms with Crippen LogP contribution in [0.1, 0.15) is 43.5 Å². The molecule has 0 aromatic carbocycles. The van der Waals surface area contributed by atoms with E-state index in [1.165, 1.54) is 18.7 Å². The van der Waals surface area contributed by atoms with Crippen LogP contribution < -0.4 is 10.6 Å². The van der Waals surface area contributed by atoms with E-state index in [1.807, 2.05) is 0 Å². The first-order valence-corrected chi connectivity index (χ1v) is 7.22. The van der Waals surface area contributed by atoms with Gasteiger partial charge in [-0.05, 0) is 37.2 Å². The summed E-state index contributed by atoms with van der Waals surface area (Å²) in [4.78, 5) is 17.3. The third-order valence-corrected chi connectivity index (χ3v) is 4.16. The fourth-order valence-corrected chi connectivity index (χ4v) is 2.86. The minimum Gasteiger partial charge on any atom is -0.478 e. The highest BCUT2D eigenvalue weighted by Crippen LogP contribution is 2.29. The molecule has 3 N–H and O–H groups in total. The topological polar surface area (TPSA) is 79.5 Å². The van der Waals surface area contributed by atoms with Crippen molar-refractivity contribution in [3.63, 3.8) is 0 Å². The van der Waals surface area contributed by atoms with E-state index in [-0.39, 0.29) is 5.56 Å². The molecule has 5 nitrogen and oxygen atoms in total. The van der Waals surface area contributed by atoms with Gasteiger partial charge < -0.3 is 15.7 Å². The first kappa shape index (κ1) is 14.6. The molecular formula is C15H23N3O2. The second-order valence-corrected chi connectivity index (χ2v) is 5.86. The Labute approximate surface area is 119 Å². The average molecular weight is 277 g/mol. The normalized spacial score (nSPS) is 19.9. The summed E-state index contributed by atoms with van der Waals surface area (Å²) in [5.41, 5.74) is 6.56. The molecule has 2 rings (SSSR count). The summed E-state index contributed by atoms with van der Waals surface area (Å²) in [6.45, 7) is 6.42. The molecule has 1 saturated heterocycles. The van der Waals surface area contributed by atoms with E-state index in [0.717, 1.165) is 37.7 Å². The minimum absolute atomic E-state index is 0.140. The maximum atomic E-state index is 10.9. The minimum atomic E-state index is -0.994. The molecular weight excluding hydrogens is 254 g/mol. The Hall–Kier alpha value is -1.78. The van der Waals surface area contributed by atoms with Crippen LogP contribution in [0, 0.1) is 11.8 Å². The zero-order valence-corrected chi connectivity index (χ0v) is 12.2. The van der Waals surface area contributed by atoms with E-state index >= 15 is 0 Å². The molecule has 20 heavy (non-hydrogen) atoms. The molecule has 110 valence electrons. The maximum absolute atomic E-state index is 10.9. The highest BCUT2D eigenvalue weighted by atomic mass is 16.4. The Balaban J connectivity index is 2.13. The van der Waals surface area contributed by atoms with E-state index in [2.05, 4.69) is 23.7 Å². The predicted molar refractivity (Wildman–Crippen MR) is 80.0 cm³/mol. The number of hydrogen-bond donors (Lipinski definition) is 2. The average Bonchev–Trinajstić information content (AvgIpc) is 2.64. The van der Waals surface area contributed by atoms with Crippen molar-refractivity contribution in [2.24, 2.45) is 11.8 Å². The Morgan fingerprint density at radius 2 is 2.20 bits per heavy atom. The molecule has 1 aliphatic heterocycles. The lowest BCUT2D eigenvalue weighted by atomic mass is 9.89. The van der Waals surface area contributed by atoms with Gasteiger partial charge in [0.05, 0.1) is 11.3 Å². The second kappa shape index (κ2) is 6.11. The Morgan fingerprint density at radius 1 is 1.45 bits per heavy atom. The predicted octanol–water partition coefficient (Wildman–Crippen LogP) is 2.62. The van der Waals surface area contributed by atoms with Gasteiger partial charge in [-0.15, -0.1) is 0 Å². The van der Waals surface area contributed by atoms with Crippen LogP contribution in [0.15, 0.2) is 12.3 Å². The molecule has 1 aromatic rings. The van der Waals surface area contributed by atoms with Crippen molar-refractivity contribution in [1.82, 2.24) is 4.98 Å². The molecule has 0 spiro atoms. The van der Waals surface area contributed by atoms with Crippen molar-refractivity contribution in [3.8, 4) is 0 Å². The number of nitrogens with zero attached hydrogens (tertiary/aromatic N) is 2. The van der Waals surface area contributed by atoms with Crippen molar-refractivity contribution < 1.29 is 9.90 Å². The summed E-state index contributed by atoms with van der Waals surface area (Å²) in [6, 6.07) is 1.50. The number of carbonyl (C=O) groups is 1. The number of aromatic nitrogens is 1. The molecule has 1 atom stereocenters. The quantitative estimate of drug-likeness (QED) is 0.887. The Kier molecular flexibility index (Phi) is 4.47. The maximum Gasteiger partial charge on any atom is 0.337 e. The van der Waals surface area contributed by atoms with Crippen LogP contribution in [0.25, 0.3) is 0 Å². The van der Waals surface area contributed by atoms with E-state index in [4.69, 9.17) is 10.8 Å². The van der Waals surface area contributed by atoms with Crippen molar-refractivity contribution in [2.75, 3.05) is 23.7 Å². The molecule has 0 saturated carbocycles. The van der Waals surface area contributed by atoms with E-state index in [0.29, 0.717) is 11.6 Å². The molecule has 0 radical (unpaired) electrons. The van der Waals surface area contributed by atoms with Crippen LogP contribution in [-0.2, 0) is 0 Å². The standard InChI is InChI=1S/C15H23N3O2/c1-10(2)11-4-3-6-18(7-5-11)14-13(16)8-12(9-17-14)15(19)20/h8-11H,3-7,16H2,1-2H3,(H,19,20). The molecule has 1 unspecified atom stereocenters. The highest BCUT2D eigenvalue weighted by molar-refractivity contribution is 5.89. The third kappa shape index (κ3) is 3.21. The third-order valence-electron chi connectivity index (χ3n) is 4.16. The molecule has 1 aromatic heterocycles. The summed E-state index contributed by atoms with van der Waals surface area (Å²) in [7, 11) is 0. The van der Waals surface area contributed by atoms with Gasteiger partial charge in [-0.25, -0.2) is 9.78 Å².